The summed E-state index contributed by atoms with van der Waals surface area (Å²) in [5.74, 6) is -0.688. The highest BCUT2D eigenvalue weighted by atomic mass is 16.6. The maximum Gasteiger partial charge on any atom is 0.306 e. The largest absolute Gasteiger partial charge is 0.462 e. The van der Waals surface area contributed by atoms with Crippen molar-refractivity contribution in [1.29, 1.82) is 0 Å². The Kier molecular flexibility index (Phi) is 35.7. The number of aliphatic hydroxyl groups excluding tert-OH is 1. The van der Waals surface area contributed by atoms with E-state index in [9.17, 15) is 14.7 Å². The van der Waals surface area contributed by atoms with Crippen molar-refractivity contribution in [2.75, 3.05) is 13.2 Å². The number of carbonyl (C=O) groups excluding carboxylic acids is 2. The van der Waals surface area contributed by atoms with Crippen LogP contribution in [0.4, 0.5) is 0 Å². The van der Waals surface area contributed by atoms with Crippen molar-refractivity contribution < 1.29 is 24.2 Å². The molecule has 0 aromatic carbocycles. The molecule has 5 heteroatoms. The average Bonchev–Trinajstić information content (AvgIpc) is 3.09. The first-order chi connectivity index (χ1) is 23.6. The molecule has 0 spiro atoms. The molecule has 0 unspecified atom stereocenters. The van der Waals surface area contributed by atoms with Gasteiger partial charge < -0.3 is 14.6 Å². The van der Waals surface area contributed by atoms with Crippen LogP contribution in [0.15, 0.2) is 97.2 Å². The monoisotopic (exact) mass is 665 g/mol. The second kappa shape index (κ2) is 38.3. The van der Waals surface area contributed by atoms with Gasteiger partial charge in [0.25, 0.3) is 0 Å². The number of unbranched alkanes of at least 4 members (excludes halogenated alkanes) is 8. The van der Waals surface area contributed by atoms with Crippen molar-refractivity contribution in [3.8, 4) is 0 Å². The second-order valence-electron chi connectivity index (χ2n) is 11.9. The van der Waals surface area contributed by atoms with Gasteiger partial charge >= 0.3 is 11.9 Å². The molecular weight excluding hydrogens is 596 g/mol. The molecule has 0 aliphatic rings. The van der Waals surface area contributed by atoms with Crippen LogP contribution in [0.25, 0.3) is 0 Å². The Balaban J connectivity index is 3.75. The van der Waals surface area contributed by atoms with E-state index in [0.717, 1.165) is 89.9 Å². The van der Waals surface area contributed by atoms with Crippen LogP contribution in [0.1, 0.15) is 142 Å². The van der Waals surface area contributed by atoms with Crippen LogP contribution in [0.3, 0.4) is 0 Å². The molecule has 5 nitrogen and oxygen atoms in total. The fourth-order valence-corrected chi connectivity index (χ4v) is 4.53. The van der Waals surface area contributed by atoms with Gasteiger partial charge in [-0.25, -0.2) is 0 Å². The predicted octanol–water partition coefficient (Wildman–Crippen LogP) is 11.7. The highest BCUT2D eigenvalue weighted by Gasteiger charge is 2.16. The summed E-state index contributed by atoms with van der Waals surface area (Å²) in [6, 6.07) is 0. The van der Waals surface area contributed by atoms with Gasteiger partial charge in [0.1, 0.15) is 6.61 Å². The van der Waals surface area contributed by atoms with E-state index in [0.29, 0.717) is 12.8 Å². The third-order valence-corrected chi connectivity index (χ3v) is 7.36. The molecule has 0 amide bonds. The van der Waals surface area contributed by atoms with Crippen molar-refractivity contribution in [2.45, 2.75) is 148 Å². The lowest BCUT2D eigenvalue weighted by Crippen LogP contribution is -2.28. The molecule has 0 rings (SSSR count). The Morgan fingerprint density at radius 1 is 0.500 bits per heavy atom. The van der Waals surface area contributed by atoms with Gasteiger partial charge in [0, 0.05) is 12.8 Å². The number of carbonyl (C=O) groups is 2. The lowest BCUT2D eigenvalue weighted by atomic mass is 10.1. The van der Waals surface area contributed by atoms with E-state index >= 15 is 0 Å². The molecule has 270 valence electrons. The lowest BCUT2D eigenvalue weighted by molar-refractivity contribution is -0.161. The highest BCUT2D eigenvalue weighted by Crippen LogP contribution is 2.08. The van der Waals surface area contributed by atoms with Crippen LogP contribution >= 0.6 is 0 Å². The second-order valence-corrected chi connectivity index (χ2v) is 11.9. The van der Waals surface area contributed by atoms with E-state index in [2.05, 4.69) is 111 Å². The van der Waals surface area contributed by atoms with Crippen molar-refractivity contribution in [3.63, 3.8) is 0 Å². The Morgan fingerprint density at radius 2 is 0.896 bits per heavy atom. The van der Waals surface area contributed by atoms with E-state index in [1.807, 2.05) is 0 Å². The van der Waals surface area contributed by atoms with Crippen molar-refractivity contribution in [3.05, 3.63) is 97.2 Å². The first kappa shape index (κ1) is 44.8. The minimum absolute atomic E-state index is 0.107. The van der Waals surface area contributed by atoms with Crippen molar-refractivity contribution >= 4 is 11.9 Å². The fourth-order valence-electron chi connectivity index (χ4n) is 4.53. The Morgan fingerprint density at radius 3 is 1.35 bits per heavy atom. The fraction of sp³-hybridized carbons (Fsp3) is 0.581. The van der Waals surface area contributed by atoms with Gasteiger partial charge in [0.15, 0.2) is 6.10 Å². The van der Waals surface area contributed by atoms with E-state index in [1.54, 1.807) is 0 Å². The van der Waals surface area contributed by atoms with Gasteiger partial charge in [0.2, 0.25) is 0 Å². The summed E-state index contributed by atoms with van der Waals surface area (Å²) in [5.41, 5.74) is 0. The summed E-state index contributed by atoms with van der Waals surface area (Å²) in [5, 5.41) is 9.53. The van der Waals surface area contributed by atoms with Crippen LogP contribution in [0.5, 0.6) is 0 Å². The van der Waals surface area contributed by atoms with Gasteiger partial charge in [-0.2, -0.15) is 0 Å². The molecule has 1 N–H and O–H groups in total. The molecule has 0 bridgehead atoms. The minimum Gasteiger partial charge on any atom is -0.462 e. The number of allylic oxidation sites excluding steroid dienone is 16. The predicted molar refractivity (Wildman–Crippen MR) is 205 cm³/mol. The van der Waals surface area contributed by atoms with E-state index < -0.39 is 6.10 Å². The molecule has 0 heterocycles. The molecule has 0 aliphatic carbocycles. The van der Waals surface area contributed by atoms with Crippen molar-refractivity contribution in [2.24, 2.45) is 0 Å². The normalized spacial score (nSPS) is 13.3. The number of esters is 2. The SMILES string of the molecule is CC/C=C\C/C=C\C/C=C\C/C=C\CCCCC(=O)OC[C@H](CO)OC(=O)CCCCC/C=C\C/C=C\C/C=C\C/C=C\CCCCC. The zero-order valence-electron chi connectivity index (χ0n) is 30.5. The number of ether oxygens (including phenoxy) is 2. The maximum atomic E-state index is 12.1. The molecule has 1 atom stereocenters. The molecule has 48 heavy (non-hydrogen) atoms. The molecule has 0 saturated carbocycles. The molecule has 0 aromatic rings. The highest BCUT2D eigenvalue weighted by molar-refractivity contribution is 5.70. The molecule has 0 saturated heterocycles. The van der Waals surface area contributed by atoms with E-state index in [-0.39, 0.29) is 25.2 Å². The topological polar surface area (TPSA) is 72.8 Å². The summed E-state index contributed by atoms with van der Waals surface area (Å²) in [7, 11) is 0. The number of hydrogen-bond acceptors (Lipinski definition) is 5. The molecular formula is C43H68O5. The Labute approximate surface area is 294 Å². The molecule has 0 aliphatic heterocycles. The zero-order valence-corrected chi connectivity index (χ0v) is 30.5. The maximum absolute atomic E-state index is 12.1. The van der Waals surface area contributed by atoms with Crippen LogP contribution < -0.4 is 0 Å². The number of aliphatic hydroxyl groups is 1. The van der Waals surface area contributed by atoms with Gasteiger partial charge in [-0.05, 0) is 96.3 Å². The summed E-state index contributed by atoms with van der Waals surface area (Å²) in [6.07, 6.45) is 53.2. The summed E-state index contributed by atoms with van der Waals surface area (Å²) < 4.78 is 10.5. The first-order valence-electron chi connectivity index (χ1n) is 18.8. The van der Waals surface area contributed by atoms with Crippen LogP contribution in [-0.2, 0) is 19.1 Å². The van der Waals surface area contributed by atoms with Crippen LogP contribution in [-0.4, -0.2) is 36.4 Å². The van der Waals surface area contributed by atoms with E-state index in [4.69, 9.17) is 9.47 Å². The summed E-state index contributed by atoms with van der Waals surface area (Å²) in [4.78, 5) is 24.2. The number of hydrogen-bond donors (Lipinski definition) is 1. The number of rotatable bonds is 32. The third kappa shape index (κ3) is 35.7. The lowest BCUT2D eigenvalue weighted by Gasteiger charge is -2.15. The Bertz CT molecular complexity index is 979. The van der Waals surface area contributed by atoms with Crippen LogP contribution in [0, 0.1) is 0 Å². The van der Waals surface area contributed by atoms with E-state index in [1.165, 1.54) is 25.7 Å². The molecule has 0 fully saturated rings. The minimum atomic E-state index is -0.811. The van der Waals surface area contributed by atoms with Gasteiger partial charge in [-0.15, -0.1) is 0 Å². The third-order valence-electron chi connectivity index (χ3n) is 7.36. The quantitative estimate of drug-likeness (QED) is 0.0440. The smallest absolute Gasteiger partial charge is 0.306 e. The van der Waals surface area contributed by atoms with Gasteiger partial charge in [-0.3, -0.25) is 9.59 Å². The average molecular weight is 665 g/mol. The Hall–Kier alpha value is -3.18. The van der Waals surface area contributed by atoms with Crippen LogP contribution in [0.2, 0.25) is 0 Å². The molecule has 0 radical (unpaired) electrons. The molecule has 0 aromatic heterocycles. The van der Waals surface area contributed by atoms with Gasteiger partial charge in [-0.1, -0.05) is 130 Å². The van der Waals surface area contributed by atoms with Gasteiger partial charge in [0.05, 0.1) is 6.61 Å². The van der Waals surface area contributed by atoms with Crippen molar-refractivity contribution in [1.82, 2.24) is 0 Å². The first-order valence-corrected chi connectivity index (χ1v) is 18.8. The summed E-state index contributed by atoms with van der Waals surface area (Å²) in [6.45, 7) is 3.90. The zero-order chi connectivity index (χ0) is 35.0. The standard InChI is InChI=1S/C43H68O5/c1-3-5-7-9-11-13-15-17-19-20-21-22-24-26-28-30-32-34-36-38-43(46)48-41(39-44)40-47-42(45)37-35-33-31-29-27-25-23-18-16-14-12-10-8-6-4-2/h6,8,11-14,17-19,21-23,26-29,41,44H,3-5,7,9-10,15-16,20,24-25,30-40H2,1-2H3/b8-6-,13-11-,14-12-,19-17-,22-21-,23-18-,28-26-,29-27-/t41-/m0/s1. The summed E-state index contributed by atoms with van der Waals surface area (Å²) >= 11 is 0.